The molecule has 2 aromatic carbocycles. The Labute approximate surface area is 173 Å². The number of fused-ring (bicyclic) bond motifs is 1. The van der Waals surface area contributed by atoms with Crippen LogP contribution in [0.25, 0.3) is 6.08 Å². The van der Waals surface area contributed by atoms with Crippen LogP contribution in [0, 0.1) is 0 Å². The number of methoxy groups -OCH3 is 4. The second-order valence-electron chi connectivity index (χ2n) is 6.65. The van der Waals surface area contributed by atoms with Gasteiger partial charge < -0.3 is 18.9 Å². The Balaban J connectivity index is 0.00000280. The number of ether oxygens (including phenoxy) is 4. The number of nitrogens with zero attached hydrogens (tertiary/aromatic N) is 1. The van der Waals surface area contributed by atoms with Gasteiger partial charge in [0.05, 0.1) is 28.4 Å². The number of halogens is 1. The number of hydrogen-bond acceptors (Lipinski definition) is 5. The molecule has 28 heavy (non-hydrogen) atoms. The second kappa shape index (κ2) is 9.22. The van der Waals surface area contributed by atoms with Crippen LogP contribution in [-0.4, -0.2) is 40.4 Å². The molecule has 152 valence electrons. The van der Waals surface area contributed by atoms with E-state index in [9.17, 15) is 0 Å². The minimum absolute atomic E-state index is 0. The maximum absolute atomic E-state index is 5.52. The molecule has 6 heteroatoms. The zero-order valence-corrected chi connectivity index (χ0v) is 17.9. The molecule has 1 aliphatic rings. The van der Waals surface area contributed by atoms with Crippen LogP contribution in [0.1, 0.15) is 28.3 Å². The van der Waals surface area contributed by atoms with Crippen LogP contribution in [0.3, 0.4) is 0 Å². The van der Waals surface area contributed by atoms with Crippen molar-refractivity contribution in [2.75, 3.05) is 35.5 Å². The largest absolute Gasteiger partial charge is 0.493 e. The van der Waals surface area contributed by atoms with Crippen molar-refractivity contribution in [2.24, 2.45) is 0 Å². The van der Waals surface area contributed by atoms with E-state index in [4.69, 9.17) is 18.9 Å². The van der Waals surface area contributed by atoms with Crippen LogP contribution in [0.2, 0.25) is 0 Å². The zero-order valence-electron chi connectivity index (χ0n) is 17.1. The average Bonchev–Trinajstić information content (AvgIpc) is 2.71. The third-order valence-corrected chi connectivity index (χ3v) is 5.24. The van der Waals surface area contributed by atoms with E-state index < -0.39 is 0 Å². The van der Waals surface area contributed by atoms with Crippen LogP contribution < -0.4 is 18.9 Å². The van der Waals surface area contributed by atoms with Crippen LogP contribution in [0.5, 0.6) is 23.0 Å². The summed E-state index contributed by atoms with van der Waals surface area (Å²) in [7, 11) is 8.77. The van der Waals surface area contributed by atoms with Crippen molar-refractivity contribution < 1.29 is 18.9 Å². The SMILES string of the molecule is C=Cc1cc(OC)c(OC)cc1C1Cc2cc(OC)c(OC)cc2CN1C.Cl. The normalized spacial score (nSPS) is 15.8. The summed E-state index contributed by atoms with van der Waals surface area (Å²) in [6.07, 6.45) is 2.73. The van der Waals surface area contributed by atoms with E-state index in [-0.39, 0.29) is 18.4 Å². The second-order valence-corrected chi connectivity index (χ2v) is 6.65. The summed E-state index contributed by atoms with van der Waals surface area (Å²) in [5.41, 5.74) is 4.74. The van der Waals surface area contributed by atoms with E-state index in [2.05, 4.69) is 36.7 Å². The highest BCUT2D eigenvalue weighted by Crippen LogP contribution is 2.41. The van der Waals surface area contributed by atoms with Crippen molar-refractivity contribution in [3.8, 4) is 23.0 Å². The highest BCUT2D eigenvalue weighted by Gasteiger charge is 2.28. The highest BCUT2D eigenvalue weighted by molar-refractivity contribution is 5.85. The first-order valence-corrected chi connectivity index (χ1v) is 8.88. The lowest BCUT2D eigenvalue weighted by molar-refractivity contribution is 0.216. The molecule has 1 unspecified atom stereocenters. The Bertz CT molecular complexity index is 853. The van der Waals surface area contributed by atoms with Crippen molar-refractivity contribution in [3.63, 3.8) is 0 Å². The van der Waals surface area contributed by atoms with Crippen LogP contribution in [0.15, 0.2) is 30.8 Å². The van der Waals surface area contributed by atoms with Crippen molar-refractivity contribution in [2.45, 2.75) is 19.0 Å². The van der Waals surface area contributed by atoms with Gasteiger partial charge in [-0.25, -0.2) is 0 Å². The predicted octanol–water partition coefficient (Wildman–Crippen LogP) is 4.52. The maximum atomic E-state index is 5.52. The highest BCUT2D eigenvalue weighted by atomic mass is 35.5. The van der Waals surface area contributed by atoms with Gasteiger partial charge in [-0.1, -0.05) is 12.7 Å². The molecule has 0 fully saturated rings. The third-order valence-electron chi connectivity index (χ3n) is 5.24. The van der Waals surface area contributed by atoms with Crippen molar-refractivity contribution in [1.82, 2.24) is 4.90 Å². The first kappa shape index (κ1) is 21.9. The van der Waals surface area contributed by atoms with Gasteiger partial charge in [0.15, 0.2) is 23.0 Å². The van der Waals surface area contributed by atoms with Gasteiger partial charge >= 0.3 is 0 Å². The Morgan fingerprint density at radius 3 is 1.89 bits per heavy atom. The number of hydrogen-bond donors (Lipinski definition) is 0. The fourth-order valence-electron chi connectivity index (χ4n) is 3.77. The Morgan fingerprint density at radius 1 is 0.857 bits per heavy atom. The number of benzene rings is 2. The molecule has 2 aromatic rings. The van der Waals surface area contributed by atoms with Gasteiger partial charge in [-0.2, -0.15) is 0 Å². The quantitative estimate of drug-likeness (QED) is 0.706. The van der Waals surface area contributed by atoms with Crippen LogP contribution in [-0.2, 0) is 13.0 Å². The van der Waals surface area contributed by atoms with E-state index in [1.807, 2.05) is 12.1 Å². The summed E-state index contributed by atoms with van der Waals surface area (Å²) in [4.78, 5) is 2.34. The molecule has 0 aromatic heterocycles. The molecular formula is C22H28ClNO4. The fourth-order valence-corrected chi connectivity index (χ4v) is 3.77. The number of rotatable bonds is 6. The summed E-state index contributed by atoms with van der Waals surface area (Å²) in [5.74, 6) is 2.96. The lowest BCUT2D eigenvalue weighted by Gasteiger charge is -2.36. The molecule has 1 atom stereocenters. The molecule has 0 bridgehead atoms. The van der Waals surface area contributed by atoms with Crippen LogP contribution in [0.4, 0.5) is 0 Å². The summed E-state index contributed by atoms with van der Waals surface area (Å²) < 4.78 is 21.9. The predicted molar refractivity (Wildman–Crippen MR) is 114 cm³/mol. The molecule has 1 heterocycles. The van der Waals surface area contributed by atoms with Crippen molar-refractivity contribution in [1.29, 1.82) is 0 Å². The minimum Gasteiger partial charge on any atom is -0.493 e. The first-order valence-electron chi connectivity index (χ1n) is 8.88. The summed E-state index contributed by atoms with van der Waals surface area (Å²) >= 11 is 0. The van der Waals surface area contributed by atoms with Gasteiger partial charge in [-0.05, 0) is 60.0 Å². The van der Waals surface area contributed by atoms with Gasteiger partial charge in [-0.15, -0.1) is 12.4 Å². The smallest absolute Gasteiger partial charge is 0.161 e. The van der Waals surface area contributed by atoms with Gasteiger partial charge in [0.25, 0.3) is 0 Å². The van der Waals surface area contributed by atoms with E-state index in [1.54, 1.807) is 28.4 Å². The zero-order chi connectivity index (χ0) is 19.6. The maximum Gasteiger partial charge on any atom is 0.161 e. The third kappa shape index (κ3) is 3.91. The summed E-state index contributed by atoms with van der Waals surface area (Å²) in [5, 5.41) is 0. The summed E-state index contributed by atoms with van der Waals surface area (Å²) in [6, 6.07) is 8.40. The summed E-state index contributed by atoms with van der Waals surface area (Å²) in [6.45, 7) is 4.81. The van der Waals surface area contributed by atoms with E-state index in [0.29, 0.717) is 5.75 Å². The molecule has 0 amide bonds. The molecule has 0 aliphatic carbocycles. The Kier molecular flexibility index (Phi) is 7.22. The van der Waals surface area contributed by atoms with Gasteiger partial charge in [0.1, 0.15) is 0 Å². The first-order chi connectivity index (χ1) is 13.1. The van der Waals surface area contributed by atoms with Crippen molar-refractivity contribution in [3.05, 3.63) is 53.1 Å². The van der Waals surface area contributed by atoms with Crippen molar-refractivity contribution >= 4 is 18.5 Å². The molecule has 0 saturated heterocycles. The van der Waals surface area contributed by atoms with E-state index in [0.717, 1.165) is 35.8 Å². The Morgan fingerprint density at radius 2 is 1.36 bits per heavy atom. The number of likely N-dealkylation sites (N-methyl/N-ethyl adjacent to an activating group) is 1. The molecule has 3 rings (SSSR count). The van der Waals surface area contributed by atoms with Gasteiger partial charge in [0, 0.05) is 12.6 Å². The standard InChI is InChI=1S/C22H27NO4.ClH/c1-7-14-9-19(24-3)22(27-6)12-17(14)18-8-15-10-20(25-4)21(26-5)11-16(15)13-23(18)2;/h7,9-12,18H,1,8,13H2,2-6H3;1H. The van der Waals surface area contributed by atoms with Gasteiger partial charge in [0.2, 0.25) is 0 Å². The molecule has 0 N–H and O–H groups in total. The Hall–Kier alpha value is -2.37. The van der Waals surface area contributed by atoms with E-state index in [1.165, 1.54) is 16.7 Å². The molecule has 0 radical (unpaired) electrons. The lowest BCUT2D eigenvalue weighted by atomic mass is 9.87. The van der Waals surface area contributed by atoms with E-state index >= 15 is 0 Å². The monoisotopic (exact) mass is 405 g/mol. The minimum atomic E-state index is 0. The van der Waals surface area contributed by atoms with Crippen LogP contribution >= 0.6 is 12.4 Å². The van der Waals surface area contributed by atoms with Gasteiger partial charge in [-0.3, -0.25) is 4.90 Å². The average molecular weight is 406 g/mol. The molecule has 5 nitrogen and oxygen atoms in total. The molecule has 0 spiro atoms. The topological polar surface area (TPSA) is 40.2 Å². The fraction of sp³-hybridized carbons (Fsp3) is 0.364. The molecule has 1 aliphatic heterocycles. The molecular weight excluding hydrogens is 378 g/mol. The molecule has 0 saturated carbocycles. The lowest BCUT2D eigenvalue weighted by Crippen LogP contribution is -2.31.